The number of hydrogen-bond acceptors (Lipinski definition) is 5. The van der Waals surface area contributed by atoms with Gasteiger partial charge in [-0.1, -0.05) is 34.4 Å². The van der Waals surface area contributed by atoms with E-state index < -0.39 is 18.0 Å². The second-order valence-electron chi connectivity index (χ2n) is 4.86. The first kappa shape index (κ1) is 18.0. The molecule has 1 aromatic carbocycles. The lowest BCUT2D eigenvalue weighted by Gasteiger charge is -2.10. The zero-order chi connectivity index (χ0) is 17.7. The van der Waals surface area contributed by atoms with Crippen LogP contribution in [0, 0.1) is 6.92 Å². The molecule has 24 heavy (non-hydrogen) atoms. The van der Waals surface area contributed by atoms with Crippen LogP contribution in [-0.4, -0.2) is 23.1 Å². The highest BCUT2D eigenvalue weighted by molar-refractivity contribution is 6.37. The minimum Gasteiger partial charge on any atom is -0.449 e. The van der Waals surface area contributed by atoms with Crippen LogP contribution >= 0.6 is 23.2 Å². The number of rotatable bonds is 5. The van der Waals surface area contributed by atoms with Crippen LogP contribution in [0.3, 0.4) is 0 Å². The van der Waals surface area contributed by atoms with E-state index in [1.165, 1.54) is 13.0 Å². The molecule has 0 aliphatic carbocycles. The third kappa shape index (κ3) is 4.84. The third-order valence-corrected chi connectivity index (χ3v) is 3.59. The van der Waals surface area contributed by atoms with Crippen molar-refractivity contribution in [3.8, 4) is 0 Å². The summed E-state index contributed by atoms with van der Waals surface area (Å²) >= 11 is 12.0. The molecule has 2 rings (SSSR count). The number of carbonyl (C=O) groups is 2. The maximum Gasteiger partial charge on any atom is 0.331 e. The molecule has 0 aliphatic heterocycles. The average molecular weight is 369 g/mol. The number of hydrogen-bond donors (Lipinski definition) is 1. The number of aromatic nitrogens is 1. The van der Waals surface area contributed by atoms with Crippen LogP contribution in [0.2, 0.25) is 10.0 Å². The van der Waals surface area contributed by atoms with Gasteiger partial charge in [0.2, 0.25) is 0 Å². The summed E-state index contributed by atoms with van der Waals surface area (Å²) in [5.41, 5.74) is 0.493. The van der Waals surface area contributed by atoms with E-state index in [0.29, 0.717) is 21.4 Å². The molecule has 1 atom stereocenters. The van der Waals surface area contributed by atoms with Crippen LogP contribution < -0.4 is 5.32 Å². The van der Waals surface area contributed by atoms with Crippen molar-refractivity contribution < 1.29 is 18.8 Å². The summed E-state index contributed by atoms with van der Waals surface area (Å²) in [5.74, 6) is -0.431. The molecule has 0 bridgehead atoms. The molecule has 1 unspecified atom stereocenters. The first-order valence-corrected chi connectivity index (χ1v) is 7.69. The van der Waals surface area contributed by atoms with E-state index in [2.05, 4.69) is 10.5 Å². The van der Waals surface area contributed by atoms with Gasteiger partial charge in [-0.25, -0.2) is 4.79 Å². The Hall–Kier alpha value is -2.31. The Kier molecular flexibility index (Phi) is 6.00. The normalized spacial score (nSPS) is 12.2. The van der Waals surface area contributed by atoms with E-state index in [1.54, 1.807) is 31.2 Å². The van der Waals surface area contributed by atoms with Gasteiger partial charge in [0.05, 0.1) is 0 Å². The summed E-state index contributed by atoms with van der Waals surface area (Å²) in [6.07, 6.45) is 1.57. The Labute approximate surface area is 148 Å². The SMILES string of the molecule is Cc1cc(NC(=O)C(C)OC(=O)/C=C/c2c(Cl)cccc2Cl)no1. The lowest BCUT2D eigenvalue weighted by atomic mass is 10.2. The quantitative estimate of drug-likeness (QED) is 0.639. The van der Waals surface area contributed by atoms with Crippen molar-refractivity contribution in [1.82, 2.24) is 5.16 Å². The highest BCUT2D eigenvalue weighted by Gasteiger charge is 2.18. The van der Waals surface area contributed by atoms with Crippen molar-refractivity contribution in [2.75, 3.05) is 5.32 Å². The van der Waals surface area contributed by atoms with Crippen molar-refractivity contribution in [1.29, 1.82) is 0 Å². The first-order valence-electron chi connectivity index (χ1n) is 6.93. The van der Waals surface area contributed by atoms with Crippen molar-refractivity contribution in [3.63, 3.8) is 0 Å². The van der Waals surface area contributed by atoms with Gasteiger partial charge >= 0.3 is 5.97 Å². The topological polar surface area (TPSA) is 81.4 Å². The largest absolute Gasteiger partial charge is 0.449 e. The number of amides is 1. The molecule has 1 N–H and O–H groups in total. The molecule has 1 aromatic heterocycles. The Morgan fingerprint density at radius 2 is 2.00 bits per heavy atom. The fourth-order valence-electron chi connectivity index (χ4n) is 1.74. The van der Waals surface area contributed by atoms with Gasteiger partial charge in [0.1, 0.15) is 5.76 Å². The maximum atomic E-state index is 11.9. The molecule has 126 valence electrons. The Balaban J connectivity index is 1.93. The highest BCUT2D eigenvalue weighted by atomic mass is 35.5. The van der Waals surface area contributed by atoms with E-state index in [0.717, 1.165) is 6.08 Å². The molecule has 2 aromatic rings. The van der Waals surface area contributed by atoms with E-state index in [9.17, 15) is 9.59 Å². The number of nitrogens with one attached hydrogen (secondary N) is 1. The van der Waals surface area contributed by atoms with Crippen LogP contribution in [0.25, 0.3) is 6.08 Å². The lowest BCUT2D eigenvalue weighted by molar-refractivity contribution is -0.148. The standard InChI is InChI=1S/C16H14Cl2N2O4/c1-9-8-14(20-24-9)19-16(22)10(2)23-15(21)7-6-11-12(17)4-3-5-13(11)18/h3-8,10H,1-2H3,(H,19,20,22)/b7-6+. The fourth-order valence-corrected chi connectivity index (χ4v) is 2.26. The van der Waals surface area contributed by atoms with Gasteiger partial charge in [-0.15, -0.1) is 0 Å². The molecule has 0 fully saturated rings. The van der Waals surface area contributed by atoms with Crippen molar-refractivity contribution in [2.24, 2.45) is 0 Å². The van der Waals surface area contributed by atoms with Gasteiger partial charge in [-0.05, 0) is 32.1 Å². The second-order valence-corrected chi connectivity index (χ2v) is 5.67. The molecule has 6 nitrogen and oxygen atoms in total. The van der Waals surface area contributed by atoms with Crippen LogP contribution in [0.1, 0.15) is 18.2 Å². The second kappa shape index (κ2) is 7.99. The van der Waals surface area contributed by atoms with Crippen molar-refractivity contribution >= 4 is 47.0 Å². The number of benzene rings is 1. The summed E-state index contributed by atoms with van der Waals surface area (Å²) in [7, 11) is 0. The molecule has 0 spiro atoms. The zero-order valence-corrected chi connectivity index (χ0v) is 14.4. The van der Waals surface area contributed by atoms with E-state index >= 15 is 0 Å². The van der Waals surface area contributed by atoms with Crippen LogP contribution in [-0.2, 0) is 14.3 Å². The minimum absolute atomic E-state index is 0.249. The molecule has 0 saturated carbocycles. The maximum absolute atomic E-state index is 11.9. The number of halogens is 2. The number of carbonyl (C=O) groups excluding carboxylic acids is 2. The zero-order valence-electron chi connectivity index (χ0n) is 12.9. The van der Waals surface area contributed by atoms with Gasteiger partial charge in [0.25, 0.3) is 5.91 Å². The monoisotopic (exact) mass is 368 g/mol. The van der Waals surface area contributed by atoms with E-state index in [-0.39, 0.29) is 5.82 Å². The smallest absolute Gasteiger partial charge is 0.331 e. The molecule has 0 radical (unpaired) electrons. The summed E-state index contributed by atoms with van der Waals surface area (Å²) in [4.78, 5) is 23.7. The summed E-state index contributed by atoms with van der Waals surface area (Å²) < 4.78 is 9.84. The predicted octanol–water partition coefficient (Wildman–Crippen LogP) is 3.87. The van der Waals surface area contributed by atoms with Gasteiger partial charge in [-0.3, -0.25) is 4.79 Å². The molecular weight excluding hydrogens is 355 g/mol. The number of anilines is 1. The molecule has 8 heteroatoms. The van der Waals surface area contributed by atoms with E-state index in [1.807, 2.05) is 0 Å². The molecule has 0 saturated heterocycles. The lowest BCUT2D eigenvalue weighted by Crippen LogP contribution is -2.29. The molecule has 1 heterocycles. The molecular formula is C16H14Cl2N2O4. The Morgan fingerprint density at radius 1 is 1.33 bits per heavy atom. The van der Waals surface area contributed by atoms with Gasteiger partial charge in [0, 0.05) is 27.8 Å². The minimum atomic E-state index is -1.01. The van der Waals surface area contributed by atoms with Crippen molar-refractivity contribution in [2.45, 2.75) is 20.0 Å². The number of nitrogens with zero attached hydrogens (tertiary/aromatic N) is 1. The summed E-state index contributed by atoms with van der Waals surface area (Å²) in [6, 6.07) is 6.53. The summed E-state index contributed by atoms with van der Waals surface area (Å²) in [5, 5.41) is 6.90. The van der Waals surface area contributed by atoms with Crippen LogP contribution in [0.4, 0.5) is 5.82 Å². The van der Waals surface area contributed by atoms with Crippen LogP contribution in [0.15, 0.2) is 34.9 Å². The predicted molar refractivity (Wildman–Crippen MR) is 90.9 cm³/mol. The van der Waals surface area contributed by atoms with Gasteiger partial charge in [-0.2, -0.15) is 0 Å². The molecule has 1 amide bonds. The average Bonchev–Trinajstić information content (AvgIpc) is 2.91. The number of aryl methyl sites for hydroxylation is 1. The fraction of sp³-hybridized carbons (Fsp3) is 0.188. The van der Waals surface area contributed by atoms with Crippen LogP contribution in [0.5, 0.6) is 0 Å². The highest BCUT2D eigenvalue weighted by Crippen LogP contribution is 2.25. The van der Waals surface area contributed by atoms with Gasteiger partial charge in [0.15, 0.2) is 11.9 Å². The Bertz CT molecular complexity index is 766. The number of esters is 1. The Morgan fingerprint density at radius 3 is 2.58 bits per heavy atom. The third-order valence-electron chi connectivity index (χ3n) is 2.93. The van der Waals surface area contributed by atoms with E-state index in [4.69, 9.17) is 32.5 Å². The first-order chi connectivity index (χ1) is 11.4. The van der Waals surface area contributed by atoms with Gasteiger partial charge < -0.3 is 14.6 Å². The molecule has 0 aliphatic rings. The number of ether oxygens (including phenoxy) is 1. The summed E-state index contributed by atoms with van der Waals surface area (Å²) in [6.45, 7) is 3.13. The van der Waals surface area contributed by atoms with Crippen molar-refractivity contribution in [3.05, 3.63) is 51.7 Å².